The molecule has 90 valence electrons. The van der Waals surface area contributed by atoms with Crippen LogP contribution in [0.25, 0.3) is 0 Å². The van der Waals surface area contributed by atoms with Crippen molar-refractivity contribution in [2.24, 2.45) is 5.73 Å². The molecule has 0 aliphatic heterocycles. The first-order valence-corrected chi connectivity index (χ1v) is 6.35. The molecule has 0 saturated heterocycles. The van der Waals surface area contributed by atoms with E-state index in [9.17, 15) is 0 Å². The van der Waals surface area contributed by atoms with Gasteiger partial charge in [-0.3, -0.25) is 0 Å². The van der Waals surface area contributed by atoms with Crippen LogP contribution in [-0.4, -0.2) is 35.6 Å². The topological polar surface area (TPSA) is 45.0 Å². The Morgan fingerprint density at radius 3 is 2.94 bits per heavy atom. The Bertz CT molecular complexity index is 294. The number of likely N-dealkylation sites (N-methyl/N-ethyl adjacent to an activating group) is 1. The van der Waals surface area contributed by atoms with Gasteiger partial charge >= 0.3 is 0 Å². The van der Waals surface area contributed by atoms with E-state index in [1.807, 2.05) is 6.20 Å². The van der Waals surface area contributed by atoms with E-state index < -0.39 is 0 Å². The molecule has 1 aromatic rings. The molecule has 0 bridgehead atoms. The van der Waals surface area contributed by atoms with Crippen LogP contribution >= 0.6 is 0 Å². The maximum Gasteiger partial charge on any atom is 0.0244 e. The minimum Gasteiger partial charge on any atom is -0.367 e. The molecule has 1 fully saturated rings. The fraction of sp³-hybridized carbons (Fsp3) is 0.692. The van der Waals surface area contributed by atoms with Crippen LogP contribution in [0.1, 0.15) is 31.2 Å². The molecule has 0 amide bonds. The molecule has 16 heavy (non-hydrogen) atoms. The molecule has 1 aliphatic rings. The number of nitrogens with one attached hydrogen (secondary N) is 1. The van der Waals surface area contributed by atoms with Gasteiger partial charge in [0, 0.05) is 31.0 Å². The second kappa shape index (κ2) is 5.51. The standard InChI is InChI=1S/C13H23N3/c1-16(9-7-11-6-8-15-10-11)13-5-3-2-4-12(13)14/h6,8,10,12-13,15H,2-5,7,9,14H2,1H3. The Labute approximate surface area is 98.0 Å². The van der Waals surface area contributed by atoms with Crippen molar-refractivity contribution >= 4 is 0 Å². The first kappa shape index (κ1) is 11.7. The summed E-state index contributed by atoms with van der Waals surface area (Å²) in [6, 6.07) is 3.12. The lowest BCUT2D eigenvalue weighted by Crippen LogP contribution is -2.48. The van der Waals surface area contributed by atoms with Gasteiger partial charge in [0.2, 0.25) is 0 Å². The molecular formula is C13H23N3. The maximum absolute atomic E-state index is 6.18. The van der Waals surface area contributed by atoms with E-state index in [1.165, 1.54) is 31.2 Å². The molecule has 1 aliphatic carbocycles. The summed E-state index contributed by atoms with van der Waals surface area (Å²) in [5, 5.41) is 0. The molecule has 2 rings (SSSR count). The number of H-pyrrole nitrogens is 1. The normalized spacial score (nSPS) is 26.2. The molecule has 0 radical (unpaired) electrons. The summed E-state index contributed by atoms with van der Waals surface area (Å²) in [7, 11) is 2.21. The van der Waals surface area contributed by atoms with Crippen LogP contribution in [0, 0.1) is 0 Å². The van der Waals surface area contributed by atoms with E-state index in [2.05, 4.69) is 29.2 Å². The molecule has 3 nitrogen and oxygen atoms in total. The molecule has 2 atom stereocenters. The van der Waals surface area contributed by atoms with Crippen LogP contribution in [0.2, 0.25) is 0 Å². The van der Waals surface area contributed by atoms with Crippen molar-refractivity contribution in [1.82, 2.24) is 9.88 Å². The lowest BCUT2D eigenvalue weighted by atomic mass is 9.90. The summed E-state index contributed by atoms with van der Waals surface area (Å²) in [6.45, 7) is 1.11. The molecule has 0 aromatic carbocycles. The van der Waals surface area contributed by atoms with Crippen molar-refractivity contribution in [3.05, 3.63) is 24.0 Å². The van der Waals surface area contributed by atoms with E-state index in [0.29, 0.717) is 12.1 Å². The third-order valence-electron chi connectivity index (χ3n) is 3.76. The molecule has 2 unspecified atom stereocenters. The number of hydrogen-bond donors (Lipinski definition) is 2. The number of aromatic nitrogens is 1. The largest absolute Gasteiger partial charge is 0.367 e. The minimum atomic E-state index is 0.380. The Morgan fingerprint density at radius 2 is 2.25 bits per heavy atom. The van der Waals surface area contributed by atoms with Crippen LogP contribution < -0.4 is 5.73 Å². The zero-order valence-corrected chi connectivity index (χ0v) is 10.2. The van der Waals surface area contributed by atoms with Crippen molar-refractivity contribution < 1.29 is 0 Å². The fourth-order valence-corrected chi connectivity index (χ4v) is 2.67. The molecule has 3 heteroatoms. The smallest absolute Gasteiger partial charge is 0.0244 e. The van der Waals surface area contributed by atoms with Gasteiger partial charge in [0.05, 0.1) is 0 Å². The molecule has 0 spiro atoms. The lowest BCUT2D eigenvalue weighted by molar-refractivity contribution is 0.171. The first-order valence-electron chi connectivity index (χ1n) is 6.35. The molecular weight excluding hydrogens is 198 g/mol. The van der Waals surface area contributed by atoms with Crippen LogP contribution in [-0.2, 0) is 6.42 Å². The maximum atomic E-state index is 6.18. The van der Waals surface area contributed by atoms with E-state index in [-0.39, 0.29) is 0 Å². The number of aromatic amines is 1. The Balaban J connectivity index is 1.80. The van der Waals surface area contributed by atoms with Crippen molar-refractivity contribution in [3.8, 4) is 0 Å². The highest BCUT2D eigenvalue weighted by Crippen LogP contribution is 2.21. The van der Waals surface area contributed by atoms with Crippen molar-refractivity contribution in [2.45, 2.75) is 44.2 Å². The van der Waals surface area contributed by atoms with Crippen molar-refractivity contribution in [1.29, 1.82) is 0 Å². The van der Waals surface area contributed by atoms with Crippen LogP contribution in [0.15, 0.2) is 18.5 Å². The predicted molar refractivity (Wildman–Crippen MR) is 67.4 cm³/mol. The predicted octanol–water partition coefficient (Wildman–Crippen LogP) is 1.76. The van der Waals surface area contributed by atoms with Gasteiger partial charge < -0.3 is 15.6 Å². The van der Waals surface area contributed by atoms with Crippen LogP contribution in [0.3, 0.4) is 0 Å². The monoisotopic (exact) mass is 221 g/mol. The van der Waals surface area contributed by atoms with E-state index in [4.69, 9.17) is 5.73 Å². The zero-order valence-electron chi connectivity index (χ0n) is 10.2. The average molecular weight is 221 g/mol. The van der Waals surface area contributed by atoms with Gasteiger partial charge in [-0.15, -0.1) is 0 Å². The van der Waals surface area contributed by atoms with Gasteiger partial charge in [-0.2, -0.15) is 0 Å². The third-order valence-corrected chi connectivity index (χ3v) is 3.76. The Morgan fingerprint density at radius 1 is 1.44 bits per heavy atom. The fourth-order valence-electron chi connectivity index (χ4n) is 2.67. The van der Waals surface area contributed by atoms with Gasteiger partial charge in [-0.1, -0.05) is 12.8 Å². The van der Waals surface area contributed by atoms with E-state index in [1.54, 1.807) is 0 Å². The van der Waals surface area contributed by atoms with Gasteiger partial charge in [-0.05, 0) is 37.9 Å². The molecule has 1 heterocycles. The van der Waals surface area contributed by atoms with Crippen molar-refractivity contribution in [2.75, 3.05) is 13.6 Å². The molecule has 3 N–H and O–H groups in total. The number of nitrogens with two attached hydrogens (primary N) is 1. The number of nitrogens with zero attached hydrogens (tertiary/aromatic N) is 1. The summed E-state index contributed by atoms with van der Waals surface area (Å²) in [5.74, 6) is 0. The summed E-state index contributed by atoms with van der Waals surface area (Å²) in [5.41, 5.74) is 7.57. The number of rotatable bonds is 4. The highest BCUT2D eigenvalue weighted by molar-refractivity contribution is 5.08. The SMILES string of the molecule is CN(CCc1cc[nH]c1)C1CCCCC1N. The van der Waals surface area contributed by atoms with Crippen LogP contribution in [0.4, 0.5) is 0 Å². The molecule has 1 saturated carbocycles. The highest BCUT2D eigenvalue weighted by Gasteiger charge is 2.24. The Hall–Kier alpha value is -0.800. The first-order chi connectivity index (χ1) is 7.77. The summed E-state index contributed by atoms with van der Waals surface area (Å²) < 4.78 is 0. The highest BCUT2D eigenvalue weighted by atomic mass is 15.1. The van der Waals surface area contributed by atoms with E-state index >= 15 is 0 Å². The minimum absolute atomic E-state index is 0.380. The van der Waals surface area contributed by atoms with Gasteiger partial charge in [-0.25, -0.2) is 0 Å². The average Bonchev–Trinajstić information content (AvgIpc) is 2.79. The van der Waals surface area contributed by atoms with Crippen molar-refractivity contribution in [3.63, 3.8) is 0 Å². The summed E-state index contributed by atoms with van der Waals surface area (Å²) >= 11 is 0. The van der Waals surface area contributed by atoms with Gasteiger partial charge in [0.1, 0.15) is 0 Å². The Kier molecular flexibility index (Phi) is 4.02. The quantitative estimate of drug-likeness (QED) is 0.813. The summed E-state index contributed by atoms with van der Waals surface area (Å²) in [4.78, 5) is 5.54. The number of hydrogen-bond acceptors (Lipinski definition) is 2. The van der Waals surface area contributed by atoms with Gasteiger partial charge in [0.25, 0.3) is 0 Å². The second-order valence-corrected chi connectivity index (χ2v) is 4.97. The second-order valence-electron chi connectivity index (χ2n) is 4.97. The zero-order chi connectivity index (χ0) is 11.4. The molecule has 1 aromatic heterocycles. The summed E-state index contributed by atoms with van der Waals surface area (Å²) in [6.07, 6.45) is 10.3. The van der Waals surface area contributed by atoms with E-state index in [0.717, 1.165) is 13.0 Å². The van der Waals surface area contributed by atoms with Gasteiger partial charge in [0.15, 0.2) is 0 Å². The van der Waals surface area contributed by atoms with Crippen LogP contribution in [0.5, 0.6) is 0 Å². The third kappa shape index (κ3) is 2.86. The lowest BCUT2D eigenvalue weighted by Gasteiger charge is -2.36.